The van der Waals surface area contributed by atoms with Crippen LogP contribution >= 0.6 is 0 Å². The Balaban J connectivity index is 1.44. The first kappa shape index (κ1) is 18.9. The van der Waals surface area contributed by atoms with Crippen LogP contribution in [0.25, 0.3) is 5.69 Å². The van der Waals surface area contributed by atoms with Crippen molar-refractivity contribution < 1.29 is 13.9 Å². The van der Waals surface area contributed by atoms with Crippen LogP contribution in [0.2, 0.25) is 0 Å². The summed E-state index contributed by atoms with van der Waals surface area (Å²) >= 11 is 0. The third-order valence-electron chi connectivity index (χ3n) is 5.23. The average molecular weight is 397 g/mol. The lowest BCUT2D eigenvalue weighted by Gasteiger charge is -2.31. The van der Waals surface area contributed by atoms with Gasteiger partial charge in [-0.3, -0.25) is 4.79 Å². The molecular weight excluding hydrogens is 377 g/mol. The second kappa shape index (κ2) is 7.86. The van der Waals surface area contributed by atoms with Gasteiger partial charge in [0.25, 0.3) is 5.91 Å². The highest BCUT2D eigenvalue weighted by atomic mass is 19.1. The van der Waals surface area contributed by atoms with Crippen molar-refractivity contribution in [3.8, 4) is 5.69 Å². The normalized spacial score (nSPS) is 14.9. The topological polar surface area (TPSA) is 97.9 Å². The van der Waals surface area contributed by atoms with Gasteiger partial charge in [0.15, 0.2) is 12.4 Å². The molecule has 0 saturated carbocycles. The number of para-hydroxylation sites is 1. The Labute approximate surface area is 165 Å². The first-order chi connectivity index (χ1) is 14.0. The van der Waals surface area contributed by atoms with Crippen molar-refractivity contribution in [1.82, 2.24) is 19.7 Å². The van der Waals surface area contributed by atoms with Gasteiger partial charge in [0.1, 0.15) is 17.2 Å². The van der Waals surface area contributed by atoms with E-state index in [1.807, 2.05) is 0 Å². The van der Waals surface area contributed by atoms with Crippen LogP contribution in [0.4, 0.5) is 4.39 Å². The van der Waals surface area contributed by atoms with E-state index in [-0.39, 0.29) is 17.5 Å². The van der Waals surface area contributed by atoms with Crippen molar-refractivity contribution in [3.05, 3.63) is 81.7 Å². The molecule has 0 aliphatic carbocycles. The molecular formula is C20H20FN5O3. The zero-order valence-corrected chi connectivity index (χ0v) is 15.6. The van der Waals surface area contributed by atoms with Crippen LogP contribution in [0.5, 0.6) is 0 Å². The highest BCUT2D eigenvalue weighted by molar-refractivity contribution is 5.93. The minimum absolute atomic E-state index is 0.170. The predicted molar refractivity (Wildman–Crippen MR) is 102 cm³/mol. The van der Waals surface area contributed by atoms with Gasteiger partial charge in [0.05, 0.1) is 5.69 Å². The van der Waals surface area contributed by atoms with E-state index in [4.69, 9.17) is 0 Å². The van der Waals surface area contributed by atoms with Crippen LogP contribution in [-0.4, -0.2) is 38.7 Å². The molecule has 0 bridgehead atoms. The molecule has 0 atom stereocenters. The van der Waals surface area contributed by atoms with Crippen LogP contribution in [0.3, 0.4) is 0 Å². The zero-order valence-electron chi connectivity index (χ0n) is 15.6. The van der Waals surface area contributed by atoms with Gasteiger partial charge in [-0.25, -0.2) is 18.9 Å². The van der Waals surface area contributed by atoms with Gasteiger partial charge in [-0.05, 0) is 37.0 Å². The Morgan fingerprint density at radius 2 is 2.00 bits per heavy atom. The van der Waals surface area contributed by atoms with Crippen molar-refractivity contribution >= 4 is 5.91 Å². The van der Waals surface area contributed by atoms with Crippen molar-refractivity contribution in [2.24, 2.45) is 5.92 Å². The minimum Gasteiger partial charge on any atom is -0.619 e. The standard InChI is InChI=1S/C20H20FN5O3/c21-16-5-1-2-6-17(16)26-18(22-23-20(26)28)12-14-7-10-24(11-8-14)19(27)15-4-3-9-25(29)13-15/h1-6,9,13-14H,7-8,10-12H2,(H,23,28). The molecule has 0 unspecified atom stereocenters. The van der Waals surface area contributed by atoms with E-state index < -0.39 is 11.5 Å². The Morgan fingerprint density at radius 1 is 1.24 bits per heavy atom. The lowest BCUT2D eigenvalue weighted by atomic mass is 9.93. The first-order valence-electron chi connectivity index (χ1n) is 9.42. The number of aromatic amines is 1. The Kier molecular flexibility index (Phi) is 5.11. The lowest BCUT2D eigenvalue weighted by molar-refractivity contribution is -0.605. The first-order valence-corrected chi connectivity index (χ1v) is 9.42. The average Bonchev–Trinajstić information content (AvgIpc) is 3.08. The van der Waals surface area contributed by atoms with E-state index in [1.54, 1.807) is 35.2 Å². The van der Waals surface area contributed by atoms with E-state index in [9.17, 15) is 19.2 Å². The van der Waals surface area contributed by atoms with Crippen molar-refractivity contribution in [1.29, 1.82) is 0 Å². The highest BCUT2D eigenvalue weighted by Gasteiger charge is 2.26. The van der Waals surface area contributed by atoms with E-state index in [2.05, 4.69) is 10.2 Å². The number of aromatic nitrogens is 4. The number of benzene rings is 1. The summed E-state index contributed by atoms with van der Waals surface area (Å²) in [5.74, 6) is 0.0214. The van der Waals surface area contributed by atoms with E-state index >= 15 is 0 Å². The lowest BCUT2D eigenvalue weighted by Crippen LogP contribution is -2.40. The van der Waals surface area contributed by atoms with E-state index in [0.29, 0.717) is 35.6 Å². The zero-order chi connectivity index (χ0) is 20.4. The molecule has 1 N–H and O–H groups in total. The number of pyridine rings is 1. The molecule has 1 aliphatic heterocycles. The van der Waals surface area contributed by atoms with Crippen LogP contribution in [0.1, 0.15) is 29.0 Å². The summed E-state index contributed by atoms with van der Waals surface area (Å²) in [4.78, 5) is 26.4. The van der Waals surface area contributed by atoms with E-state index in [1.165, 1.54) is 23.0 Å². The molecule has 4 rings (SSSR count). The van der Waals surface area contributed by atoms with E-state index in [0.717, 1.165) is 12.8 Å². The fourth-order valence-electron chi connectivity index (χ4n) is 3.71. The molecule has 1 amide bonds. The number of carbonyl (C=O) groups excluding carboxylic acids is 1. The molecule has 8 nitrogen and oxygen atoms in total. The summed E-state index contributed by atoms with van der Waals surface area (Å²) in [6.07, 6.45) is 4.57. The van der Waals surface area contributed by atoms with Crippen molar-refractivity contribution in [3.63, 3.8) is 0 Å². The Hall–Kier alpha value is -3.49. The maximum atomic E-state index is 14.2. The minimum atomic E-state index is -0.490. The number of likely N-dealkylation sites (tertiary alicyclic amines) is 1. The van der Waals surface area contributed by atoms with Gasteiger partial charge in [-0.1, -0.05) is 12.1 Å². The smallest absolute Gasteiger partial charge is 0.348 e. The number of nitrogens with one attached hydrogen (secondary N) is 1. The second-order valence-corrected chi connectivity index (χ2v) is 7.12. The number of rotatable bonds is 4. The summed E-state index contributed by atoms with van der Waals surface area (Å²) in [7, 11) is 0. The number of nitrogens with zero attached hydrogens (tertiary/aromatic N) is 4. The molecule has 0 radical (unpaired) electrons. The molecule has 150 valence electrons. The number of H-pyrrole nitrogens is 1. The Bertz CT molecular complexity index is 1090. The molecule has 3 aromatic rings. The summed E-state index contributed by atoms with van der Waals surface area (Å²) in [5, 5.41) is 17.9. The monoisotopic (exact) mass is 397 g/mol. The van der Waals surface area contributed by atoms with Gasteiger partial charge in [0.2, 0.25) is 0 Å². The SMILES string of the molecule is O=C(c1ccc[n+]([O-])c1)N1CCC(Cc2n[nH]c(=O)n2-c2ccccc2F)CC1. The van der Waals surface area contributed by atoms with Crippen molar-refractivity contribution in [2.75, 3.05) is 13.1 Å². The Morgan fingerprint density at radius 3 is 2.72 bits per heavy atom. The van der Waals surface area contributed by atoms with Gasteiger partial charge in [-0.15, -0.1) is 0 Å². The fraction of sp³-hybridized carbons (Fsp3) is 0.300. The van der Waals surface area contributed by atoms with Crippen LogP contribution in [0, 0.1) is 16.9 Å². The number of carbonyl (C=O) groups is 1. The molecule has 29 heavy (non-hydrogen) atoms. The van der Waals surface area contributed by atoms with Crippen LogP contribution in [-0.2, 0) is 6.42 Å². The quantitative estimate of drug-likeness (QED) is 0.532. The maximum absolute atomic E-state index is 14.2. The van der Waals surface area contributed by atoms with Gasteiger partial charge >= 0.3 is 5.69 Å². The van der Waals surface area contributed by atoms with Gasteiger partial charge < -0.3 is 10.1 Å². The largest absolute Gasteiger partial charge is 0.619 e. The maximum Gasteiger partial charge on any atom is 0.348 e. The molecule has 0 spiro atoms. The van der Waals surface area contributed by atoms with Gasteiger partial charge in [-0.2, -0.15) is 9.83 Å². The second-order valence-electron chi connectivity index (χ2n) is 7.12. The number of halogens is 1. The molecule has 1 saturated heterocycles. The molecule has 1 aliphatic rings. The number of hydrogen-bond donors (Lipinski definition) is 1. The number of amides is 1. The molecule has 1 aromatic carbocycles. The third-order valence-corrected chi connectivity index (χ3v) is 5.23. The van der Waals surface area contributed by atoms with Crippen LogP contribution < -0.4 is 10.4 Å². The molecule has 9 heteroatoms. The summed E-state index contributed by atoms with van der Waals surface area (Å²) < 4.78 is 16.0. The molecule has 1 fully saturated rings. The summed E-state index contributed by atoms with van der Waals surface area (Å²) in [6, 6.07) is 9.25. The summed E-state index contributed by atoms with van der Waals surface area (Å²) in [5.41, 5.74) is 0.0539. The number of piperidine rings is 1. The van der Waals surface area contributed by atoms with Crippen molar-refractivity contribution in [2.45, 2.75) is 19.3 Å². The molecule has 3 heterocycles. The number of hydrogen-bond acceptors (Lipinski definition) is 4. The predicted octanol–water partition coefficient (Wildman–Crippen LogP) is 1.43. The fourth-order valence-corrected chi connectivity index (χ4v) is 3.71. The summed E-state index contributed by atoms with van der Waals surface area (Å²) in [6.45, 7) is 1.09. The molecule has 2 aromatic heterocycles. The van der Waals surface area contributed by atoms with Crippen LogP contribution in [0.15, 0.2) is 53.6 Å². The van der Waals surface area contributed by atoms with Gasteiger partial charge in [0, 0.05) is 25.6 Å². The third kappa shape index (κ3) is 3.89. The highest BCUT2D eigenvalue weighted by Crippen LogP contribution is 2.23.